The Kier molecular flexibility index (Phi) is 3.71. The Morgan fingerprint density at radius 1 is 1.18 bits per heavy atom. The number of aromatic nitrogens is 1. The summed E-state index contributed by atoms with van der Waals surface area (Å²) in [6.45, 7) is 0.586. The van der Waals surface area contributed by atoms with Crippen LogP contribution >= 0.6 is 23.2 Å². The molecule has 0 fully saturated rings. The molecule has 0 amide bonds. The zero-order chi connectivity index (χ0) is 12.3. The molecular weight excluding hydrogens is 257 g/mol. The maximum atomic E-state index is 5.92. The highest BCUT2D eigenvalue weighted by atomic mass is 35.5. The van der Waals surface area contributed by atoms with Gasteiger partial charge in [0.25, 0.3) is 0 Å². The van der Waals surface area contributed by atoms with Crippen molar-refractivity contribution in [1.29, 1.82) is 0 Å². The minimum Gasteiger partial charge on any atom is -0.397 e. The van der Waals surface area contributed by atoms with Gasteiger partial charge >= 0.3 is 0 Å². The van der Waals surface area contributed by atoms with Crippen molar-refractivity contribution >= 4 is 34.6 Å². The van der Waals surface area contributed by atoms with Crippen LogP contribution in [0, 0.1) is 0 Å². The molecule has 0 bridgehead atoms. The van der Waals surface area contributed by atoms with Gasteiger partial charge in [-0.1, -0.05) is 29.3 Å². The molecule has 0 unspecified atom stereocenters. The van der Waals surface area contributed by atoms with Crippen LogP contribution in [-0.2, 0) is 6.54 Å². The van der Waals surface area contributed by atoms with Crippen LogP contribution in [0.3, 0.4) is 0 Å². The number of benzene rings is 1. The van der Waals surface area contributed by atoms with Crippen LogP contribution in [0.5, 0.6) is 0 Å². The lowest BCUT2D eigenvalue weighted by molar-refractivity contribution is 1.05. The Labute approximate surface area is 110 Å². The predicted octanol–water partition coefficient (Wildman–Crippen LogP) is 3.58. The summed E-state index contributed by atoms with van der Waals surface area (Å²) in [7, 11) is 0. The molecule has 0 radical (unpaired) electrons. The molecule has 0 aliphatic carbocycles. The first-order chi connectivity index (χ1) is 8.16. The fourth-order valence-electron chi connectivity index (χ4n) is 1.40. The Morgan fingerprint density at radius 2 is 1.94 bits per heavy atom. The van der Waals surface area contributed by atoms with Gasteiger partial charge in [-0.15, -0.1) is 0 Å². The first-order valence-electron chi connectivity index (χ1n) is 5.05. The van der Waals surface area contributed by atoms with Gasteiger partial charge in [0.15, 0.2) is 0 Å². The van der Waals surface area contributed by atoms with E-state index in [0.717, 1.165) is 11.4 Å². The predicted molar refractivity (Wildman–Crippen MR) is 72.4 cm³/mol. The Balaban J connectivity index is 2.12. The molecule has 0 saturated carbocycles. The van der Waals surface area contributed by atoms with E-state index in [1.54, 1.807) is 18.3 Å². The van der Waals surface area contributed by atoms with Gasteiger partial charge in [-0.3, -0.25) is 4.98 Å². The van der Waals surface area contributed by atoms with Crippen molar-refractivity contribution in [2.45, 2.75) is 6.54 Å². The molecule has 17 heavy (non-hydrogen) atoms. The van der Waals surface area contributed by atoms with Crippen LogP contribution in [0.1, 0.15) is 5.69 Å². The van der Waals surface area contributed by atoms with Crippen LogP contribution in [-0.4, -0.2) is 4.98 Å². The van der Waals surface area contributed by atoms with Gasteiger partial charge in [0.1, 0.15) is 0 Å². The van der Waals surface area contributed by atoms with E-state index >= 15 is 0 Å². The molecule has 0 aliphatic rings. The monoisotopic (exact) mass is 267 g/mol. The zero-order valence-corrected chi connectivity index (χ0v) is 10.5. The summed E-state index contributed by atoms with van der Waals surface area (Å²) in [5.74, 6) is 0. The normalized spacial score (nSPS) is 10.2. The van der Waals surface area contributed by atoms with E-state index < -0.39 is 0 Å². The van der Waals surface area contributed by atoms with E-state index in [2.05, 4.69) is 10.3 Å². The second-order valence-corrected chi connectivity index (χ2v) is 4.34. The minimum absolute atomic E-state index is 0.451. The van der Waals surface area contributed by atoms with E-state index in [-0.39, 0.29) is 0 Å². The molecule has 2 aromatic rings. The zero-order valence-electron chi connectivity index (χ0n) is 8.95. The molecule has 1 heterocycles. The third kappa shape index (κ3) is 3.02. The maximum Gasteiger partial charge on any atom is 0.0614 e. The fourth-order valence-corrected chi connectivity index (χ4v) is 1.74. The van der Waals surface area contributed by atoms with Gasteiger partial charge < -0.3 is 11.1 Å². The van der Waals surface area contributed by atoms with Crippen molar-refractivity contribution in [2.24, 2.45) is 0 Å². The number of nitrogens with two attached hydrogens (primary N) is 1. The van der Waals surface area contributed by atoms with Crippen molar-refractivity contribution < 1.29 is 0 Å². The number of nitrogen functional groups attached to an aromatic ring is 1. The Hall–Kier alpha value is -1.45. The molecule has 88 valence electrons. The van der Waals surface area contributed by atoms with E-state index in [9.17, 15) is 0 Å². The van der Waals surface area contributed by atoms with E-state index in [1.807, 2.05) is 18.2 Å². The highest BCUT2D eigenvalue weighted by molar-refractivity contribution is 6.42. The lowest BCUT2D eigenvalue weighted by Gasteiger charge is -2.10. The van der Waals surface area contributed by atoms with Gasteiger partial charge in [0.05, 0.1) is 33.7 Å². The second kappa shape index (κ2) is 5.25. The molecular formula is C12H11Cl2N3. The van der Waals surface area contributed by atoms with Crippen molar-refractivity contribution in [3.63, 3.8) is 0 Å². The molecule has 3 nitrogen and oxygen atoms in total. The molecule has 0 spiro atoms. The number of pyridine rings is 1. The fraction of sp³-hybridized carbons (Fsp3) is 0.0833. The van der Waals surface area contributed by atoms with Gasteiger partial charge in [-0.2, -0.15) is 0 Å². The number of halogens is 2. The van der Waals surface area contributed by atoms with Crippen LogP contribution < -0.4 is 11.1 Å². The maximum absolute atomic E-state index is 5.92. The second-order valence-electron chi connectivity index (χ2n) is 3.53. The highest BCUT2D eigenvalue weighted by Crippen LogP contribution is 2.30. The standard InChI is InChI=1S/C12H11Cl2N3/c13-9-5-11(15)12(6-10(9)14)17-7-8-3-1-2-4-16-8/h1-6,17H,7,15H2. The molecule has 2 rings (SSSR count). The summed E-state index contributed by atoms with van der Waals surface area (Å²) in [6.07, 6.45) is 1.75. The molecule has 3 N–H and O–H groups in total. The quantitative estimate of drug-likeness (QED) is 0.836. The number of anilines is 2. The average Bonchev–Trinajstić information content (AvgIpc) is 2.33. The SMILES string of the molecule is Nc1cc(Cl)c(Cl)cc1NCc1ccccn1. The van der Waals surface area contributed by atoms with Crippen LogP contribution in [0.2, 0.25) is 10.0 Å². The lowest BCUT2D eigenvalue weighted by atomic mass is 10.2. The number of rotatable bonds is 3. The van der Waals surface area contributed by atoms with Crippen LogP contribution in [0.4, 0.5) is 11.4 Å². The van der Waals surface area contributed by atoms with E-state index in [1.165, 1.54) is 0 Å². The number of hydrogen-bond acceptors (Lipinski definition) is 3. The van der Waals surface area contributed by atoms with Crippen molar-refractivity contribution in [3.8, 4) is 0 Å². The summed E-state index contributed by atoms with van der Waals surface area (Å²) in [5, 5.41) is 4.09. The lowest BCUT2D eigenvalue weighted by Crippen LogP contribution is -2.03. The summed E-state index contributed by atoms with van der Waals surface area (Å²) in [5.41, 5.74) is 8.08. The topological polar surface area (TPSA) is 50.9 Å². The van der Waals surface area contributed by atoms with Crippen molar-refractivity contribution in [2.75, 3.05) is 11.1 Å². The molecule has 1 aromatic heterocycles. The first-order valence-corrected chi connectivity index (χ1v) is 5.80. The minimum atomic E-state index is 0.451. The summed E-state index contributed by atoms with van der Waals surface area (Å²) in [4.78, 5) is 4.20. The number of nitrogens with one attached hydrogen (secondary N) is 1. The smallest absolute Gasteiger partial charge is 0.0614 e. The van der Waals surface area contributed by atoms with Gasteiger partial charge in [0.2, 0.25) is 0 Å². The van der Waals surface area contributed by atoms with Crippen molar-refractivity contribution in [3.05, 3.63) is 52.3 Å². The van der Waals surface area contributed by atoms with Gasteiger partial charge in [0, 0.05) is 6.20 Å². The summed E-state index contributed by atoms with van der Waals surface area (Å²) >= 11 is 11.8. The average molecular weight is 268 g/mol. The van der Waals surface area contributed by atoms with Crippen molar-refractivity contribution in [1.82, 2.24) is 4.98 Å². The molecule has 1 aromatic carbocycles. The highest BCUT2D eigenvalue weighted by Gasteiger charge is 2.04. The van der Waals surface area contributed by atoms with Gasteiger partial charge in [-0.25, -0.2) is 0 Å². The summed E-state index contributed by atoms with van der Waals surface area (Å²) < 4.78 is 0. The largest absolute Gasteiger partial charge is 0.397 e. The van der Waals surface area contributed by atoms with Crippen LogP contribution in [0.15, 0.2) is 36.5 Å². The Bertz CT molecular complexity index is 515. The molecule has 5 heteroatoms. The molecule has 0 saturated heterocycles. The third-order valence-corrected chi connectivity index (χ3v) is 3.00. The van der Waals surface area contributed by atoms with Crippen LogP contribution in [0.25, 0.3) is 0 Å². The molecule has 0 atom stereocenters. The summed E-state index contributed by atoms with van der Waals surface area (Å²) in [6, 6.07) is 9.08. The van der Waals surface area contributed by atoms with E-state index in [4.69, 9.17) is 28.9 Å². The van der Waals surface area contributed by atoms with E-state index in [0.29, 0.717) is 22.3 Å². The number of nitrogens with zero attached hydrogens (tertiary/aromatic N) is 1. The molecule has 0 aliphatic heterocycles. The third-order valence-electron chi connectivity index (χ3n) is 2.28. The number of hydrogen-bond donors (Lipinski definition) is 2. The Morgan fingerprint density at radius 3 is 2.65 bits per heavy atom. The van der Waals surface area contributed by atoms with Gasteiger partial charge in [-0.05, 0) is 24.3 Å². The first kappa shape index (κ1) is 12.0.